The maximum Gasteiger partial charge on any atom is 0.349 e. The van der Waals surface area contributed by atoms with Gasteiger partial charge in [0.25, 0.3) is 0 Å². The third-order valence-electron chi connectivity index (χ3n) is 3.53. The Morgan fingerprint density at radius 3 is 2.39 bits per heavy atom. The molecule has 1 aliphatic rings. The summed E-state index contributed by atoms with van der Waals surface area (Å²) < 4.78 is 10.1. The molecule has 0 aromatic carbocycles. The van der Waals surface area contributed by atoms with Gasteiger partial charge in [0.1, 0.15) is 4.88 Å². The second kappa shape index (κ2) is 7.10. The van der Waals surface area contributed by atoms with E-state index in [4.69, 9.17) is 15.2 Å². The van der Waals surface area contributed by atoms with Gasteiger partial charge in [0.05, 0.1) is 25.3 Å². The lowest BCUT2D eigenvalue weighted by molar-refractivity contribution is -0.130. The number of hydrogen-bond acceptors (Lipinski definition) is 7. The number of thiophene rings is 1. The van der Waals surface area contributed by atoms with Crippen LogP contribution in [0.25, 0.3) is 0 Å². The first-order chi connectivity index (χ1) is 10.9. The molecule has 1 aliphatic heterocycles. The van der Waals surface area contributed by atoms with Crippen LogP contribution in [0.15, 0.2) is 0 Å². The normalized spacial score (nSPS) is 16.7. The van der Waals surface area contributed by atoms with E-state index in [0.717, 1.165) is 16.2 Å². The molecule has 1 amide bonds. The molecule has 0 saturated heterocycles. The monoisotopic (exact) mass is 340 g/mol. The summed E-state index contributed by atoms with van der Waals surface area (Å²) in [7, 11) is 0. The molecule has 2 N–H and O–H groups in total. The van der Waals surface area contributed by atoms with Gasteiger partial charge in [0, 0.05) is 30.0 Å². The number of ether oxygens (including phenoxy) is 2. The summed E-state index contributed by atoms with van der Waals surface area (Å²) in [6.45, 7) is 5.87. The maximum absolute atomic E-state index is 12.3. The van der Waals surface area contributed by atoms with Gasteiger partial charge in [-0.25, -0.2) is 9.59 Å². The number of nitrogens with zero attached hydrogens (tertiary/aromatic N) is 1. The molecule has 23 heavy (non-hydrogen) atoms. The van der Waals surface area contributed by atoms with Gasteiger partial charge < -0.3 is 20.1 Å². The van der Waals surface area contributed by atoms with Gasteiger partial charge in [0.15, 0.2) is 0 Å². The molecule has 126 valence electrons. The van der Waals surface area contributed by atoms with E-state index in [-0.39, 0.29) is 29.6 Å². The smallest absolute Gasteiger partial charge is 0.349 e. The number of rotatable bonds is 4. The Balaban J connectivity index is 2.52. The molecule has 1 atom stereocenters. The highest BCUT2D eigenvalue weighted by atomic mass is 32.1. The predicted octanol–water partition coefficient (Wildman–Crippen LogP) is 1.46. The molecule has 1 aromatic heterocycles. The number of nitrogens with two attached hydrogens (primary N) is 1. The minimum absolute atomic E-state index is 0.102. The lowest BCUT2D eigenvalue weighted by atomic mass is 9.97. The van der Waals surface area contributed by atoms with E-state index < -0.39 is 18.0 Å². The Kier molecular flexibility index (Phi) is 5.38. The van der Waals surface area contributed by atoms with Crippen LogP contribution in [0.5, 0.6) is 0 Å². The Morgan fingerprint density at radius 1 is 1.22 bits per heavy atom. The molecule has 0 spiro atoms. The largest absolute Gasteiger partial charge is 0.462 e. The van der Waals surface area contributed by atoms with Crippen LogP contribution >= 0.6 is 11.3 Å². The molecule has 2 heterocycles. The van der Waals surface area contributed by atoms with Gasteiger partial charge in [-0.15, -0.1) is 11.3 Å². The summed E-state index contributed by atoms with van der Waals surface area (Å²) in [5.41, 5.74) is 6.92. The van der Waals surface area contributed by atoms with Gasteiger partial charge in [-0.1, -0.05) is 0 Å². The maximum atomic E-state index is 12.3. The molecule has 1 unspecified atom stereocenters. The third kappa shape index (κ3) is 3.37. The fraction of sp³-hybridized carbons (Fsp3) is 0.533. The highest BCUT2D eigenvalue weighted by Crippen LogP contribution is 2.38. The number of carbonyl (C=O) groups excluding carboxylic acids is 3. The molecule has 2 rings (SSSR count). The van der Waals surface area contributed by atoms with Crippen molar-refractivity contribution in [1.82, 2.24) is 4.90 Å². The van der Waals surface area contributed by atoms with Crippen molar-refractivity contribution in [3.8, 4) is 0 Å². The second-order valence-electron chi connectivity index (χ2n) is 5.09. The first kappa shape index (κ1) is 17.4. The van der Waals surface area contributed by atoms with Crippen LogP contribution < -0.4 is 5.73 Å². The molecular formula is C15H20N2O5S. The van der Waals surface area contributed by atoms with Gasteiger partial charge in [-0.2, -0.15) is 0 Å². The number of fused-ring (bicyclic) bond motifs is 1. The average molecular weight is 340 g/mol. The SMILES string of the molecule is CCOC(=O)c1sc2c(c1C(=O)OCC)C(N)CN(C(C)=O)C2. The van der Waals surface area contributed by atoms with Crippen molar-refractivity contribution in [2.45, 2.75) is 33.4 Å². The molecular weight excluding hydrogens is 320 g/mol. The molecule has 0 radical (unpaired) electrons. The summed E-state index contributed by atoms with van der Waals surface area (Å²) in [5, 5.41) is 0. The van der Waals surface area contributed by atoms with E-state index in [9.17, 15) is 14.4 Å². The Bertz CT molecular complexity index is 640. The summed E-state index contributed by atoms with van der Waals surface area (Å²) in [6.07, 6.45) is 0. The summed E-state index contributed by atoms with van der Waals surface area (Å²) >= 11 is 1.14. The van der Waals surface area contributed by atoms with Crippen molar-refractivity contribution < 1.29 is 23.9 Å². The van der Waals surface area contributed by atoms with Crippen LogP contribution in [0.4, 0.5) is 0 Å². The molecule has 8 heteroatoms. The van der Waals surface area contributed by atoms with Crippen LogP contribution in [0.1, 0.15) is 57.3 Å². The van der Waals surface area contributed by atoms with Gasteiger partial charge in [-0.3, -0.25) is 4.79 Å². The molecule has 0 fully saturated rings. The van der Waals surface area contributed by atoms with Crippen LogP contribution in [0.3, 0.4) is 0 Å². The number of hydrogen-bond donors (Lipinski definition) is 1. The predicted molar refractivity (Wildman–Crippen MR) is 84.3 cm³/mol. The van der Waals surface area contributed by atoms with Crippen molar-refractivity contribution in [2.75, 3.05) is 19.8 Å². The highest BCUT2D eigenvalue weighted by molar-refractivity contribution is 7.14. The van der Waals surface area contributed by atoms with Crippen molar-refractivity contribution in [3.05, 3.63) is 20.9 Å². The highest BCUT2D eigenvalue weighted by Gasteiger charge is 2.36. The quantitative estimate of drug-likeness (QED) is 0.833. The molecule has 0 aliphatic carbocycles. The fourth-order valence-corrected chi connectivity index (χ4v) is 3.82. The molecule has 0 bridgehead atoms. The van der Waals surface area contributed by atoms with Crippen LogP contribution in [-0.2, 0) is 20.8 Å². The van der Waals surface area contributed by atoms with Crippen LogP contribution in [0, 0.1) is 0 Å². The molecule has 0 saturated carbocycles. The topological polar surface area (TPSA) is 98.9 Å². The van der Waals surface area contributed by atoms with E-state index in [0.29, 0.717) is 18.7 Å². The minimum Gasteiger partial charge on any atom is -0.462 e. The lowest BCUT2D eigenvalue weighted by Crippen LogP contribution is -2.39. The fourth-order valence-electron chi connectivity index (χ4n) is 2.55. The second-order valence-corrected chi connectivity index (χ2v) is 6.20. The van der Waals surface area contributed by atoms with E-state index in [1.54, 1.807) is 18.7 Å². The van der Waals surface area contributed by atoms with E-state index in [2.05, 4.69) is 0 Å². The van der Waals surface area contributed by atoms with Gasteiger partial charge >= 0.3 is 11.9 Å². The van der Waals surface area contributed by atoms with Crippen LogP contribution in [-0.4, -0.2) is 42.5 Å². The number of carbonyl (C=O) groups is 3. The zero-order valence-corrected chi connectivity index (χ0v) is 14.2. The van der Waals surface area contributed by atoms with Crippen molar-refractivity contribution in [2.24, 2.45) is 5.73 Å². The average Bonchev–Trinajstić information content (AvgIpc) is 2.87. The van der Waals surface area contributed by atoms with Crippen LogP contribution in [0.2, 0.25) is 0 Å². The van der Waals surface area contributed by atoms with Crippen molar-refractivity contribution in [1.29, 1.82) is 0 Å². The van der Waals surface area contributed by atoms with E-state index >= 15 is 0 Å². The van der Waals surface area contributed by atoms with E-state index in [1.165, 1.54) is 6.92 Å². The summed E-state index contributed by atoms with van der Waals surface area (Å²) in [5.74, 6) is -1.26. The zero-order chi connectivity index (χ0) is 17.1. The Hall–Kier alpha value is -1.93. The molecule has 1 aromatic rings. The summed E-state index contributed by atoms with van der Waals surface area (Å²) in [4.78, 5) is 38.6. The van der Waals surface area contributed by atoms with Crippen molar-refractivity contribution in [3.63, 3.8) is 0 Å². The van der Waals surface area contributed by atoms with Crippen molar-refractivity contribution >= 4 is 29.2 Å². The standard InChI is InChI=1S/C15H20N2O5S/c1-4-21-14(19)12-11-9(16)6-17(8(3)18)7-10(11)23-13(12)15(20)22-5-2/h9H,4-7,16H2,1-3H3. The van der Waals surface area contributed by atoms with Gasteiger partial charge in [0.2, 0.25) is 5.91 Å². The minimum atomic E-state index is -0.584. The first-order valence-electron chi connectivity index (χ1n) is 7.41. The Morgan fingerprint density at radius 2 is 1.83 bits per heavy atom. The number of esters is 2. The summed E-state index contributed by atoms with van der Waals surface area (Å²) in [6, 6.07) is -0.540. The number of amides is 1. The lowest BCUT2D eigenvalue weighted by Gasteiger charge is -2.30. The third-order valence-corrected chi connectivity index (χ3v) is 4.70. The Labute approximate surface area is 138 Å². The van der Waals surface area contributed by atoms with Gasteiger partial charge in [-0.05, 0) is 13.8 Å². The molecule has 7 nitrogen and oxygen atoms in total. The first-order valence-corrected chi connectivity index (χ1v) is 8.23. The zero-order valence-electron chi connectivity index (χ0n) is 13.4. The van der Waals surface area contributed by atoms with E-state index in [1.807, 2.05) is 0 Å².